The Labute approximate surface area is 170 Å². The van der Waals surface area contributed by atoms with Crippen molar-refractivity contribution in [2.24, 2.45) is 0 Å². The van der Waals surface area contributed by atoms with Crippen LogP contribution in [0.1, 0.15) is 0 Å². The Bertz CT molecular complexity index is 1180. The second-order valence-corrected chi connectivity index (χ2v) is 6.24. The lowest BCUT2D eigenvalue weighted by Gasteiger charge is -2.10. The predicted molar refractivity (Wildman–Crippen MR) is 106 cm³/mol. The molecular weight excluding hydrogens is 392 g/mol. The fourth-order valence-corrected chi connectivity index (χ4v) is 2.72. The van der Waals surface area contributed by atoms with Crippen LogP contribution in [-0.2, 0) is 4.79 Å². The zero-order valence-electron chi connectivity index (χ0n) is 15.5. The number of amides is 1. The van der Waals surface area contributed by atoms with Crippen LogP contribution in [0, 0.1) is 11.6 Å². The average molecular weight is 407 g/mol. The summed E-state index contributed by atoms with van der Waals surface area (Å²) in [5.74, 6) is -1.16. The summed E-state index contributed by atoms with van der Waals surface area (Å²) in [5.41, 5.74) is 1.00. The zero-order valence-corrected chi connectivity index (χ0v) is 15.5. The molecule has 0 aliphatic heterocycles. The minimum atomic E-state index is -0.746. The van der Waals surface area contributed by atoms with Crippen LogP contribution in [0.5, 0.6) is 5.75 Å². The van der Waals surface area contributed by atoms with Crippen molar-refractivity contribution in [2.75, 3.05) is 11.9 Å². The van der Waals surface area contributed by atoms with Gasteiger partial charge in [-0.1, -0.05) is 30.3 Å². The van der Waals surface area contributed by atoms with Crippen molar-refractivity contribution in [1.82, 2.24) is 10.2 Å². The summed E-state index contributed by atoms with van der Waals surface area (Å²) in [6.45, 7) is -0.424. The Hall–Kier alpha value is -4.07. The molecule has 8 heteroatoms. The highest BCUT2D eigenvalue weighted by Gasteiger charge is 2.16. The number of para-hydroxylation sites is 1. The number of ether oxygens (including phenoxy) is 1. The molecule has 0 aliphatic rings. The van der Waals surface area contributed by atoms with Crippen LogP contribution in [0.15, 0.2) is 77.2 Å². The van der Waals surface area contributed by atoms with E-state index in [0.29, 0.717) is 17.2 Å². The van der Waals surface area contributed by atoms with Crippen molar-refractivity contribution in [2.45, 2.75) is 0 Å². The summed E-state index contributed by atoms with van der Waals surface area (Å²) < 4.78 is 38.2. The van der Waals surface area contributed by atoms with E-state index >= 15 is 0 Å². The third-order valence-corrected chi connectivity index (χ3v) is 4.12. The molecule has 4 aromatic rings. The first-order chi connectivity index (χ1) is 14.6. The van der Waals surface area contributed by atoms with Gasteiger partial charge >= 0.3 is 0 Å². The molecule has 1 amide bonds. The smallest absolute Gasteiger partial charge is 0.262 e. The lowest BCUT2D eigenvalue weighted by molar-refractivity contribution is -0.118. The van der Waals surface area contributed by atoms with Crippen LogP contribution >= 0.6 is 0 Å². The summed E-state index contributed by atoms with van der Waals surface area (Å²) in [5, 5.41) is 10.4. The van der Waals surface area contributed by atoms with Crippen molar-refractivity contribution < 1.29 is 22.7 Å². The maximum atomic E-state index is 13.7. The molecule has 1 N–H and O–H groups in total. The Morgan fingerprint density at radius 2 is 1.67 bits per heavy atom. The number of nitrogens with one attached hydrogen (secondary N) is 1. The molecule has 30 heavy (non-hydrogen) atoms. The van der Waals surface area contributed by atoms with E-state index in [1.165, 1.54) is 0 Å². The van der Waals surface area contributed by atoms with Gasteiger partial charge < -0.3 is 14.5 Å². The van der Waals surface area contributed by atoms with Gasteiger partial charge in [0, 0.05) is 11.6 Å². The number of hydrogen-bond acceptors (Lipinski definition) is 5. The van der Waals surface area contributed by atoms with E-state index in [9.17, 15) is 13.6 Å². The van der Waals surface area contributed by atoms with E-state index in [1.54, 1.807) is 24.3 Å². The van der Waals surface area contributed by atoms with E-state index < -0.39 is 24.1 Å². The minimum Gasteiger partial charge on any atom is -0.483 e. The predicted octanol–water partition coefficient (Wildman–Crippen LogP) is 4.70. The molecule has 0 radical (unpaired) electrons. The van der Waals surface area contributed by atoms with Gasteiger partial charge in [-0.3, -0.25) is 4.79 Å². The number of carbonyl (C=O) groups excluding carboxylic acids is 1. The second kappa shape index (κ2) is 8.52. The minimum absolute atomic E-state index is 0.223. The van der Waals surface area contributed by atoms with Crippen LogP contribution in [0.25, 0.3) is 22.9 Å². The summed E-state index contributed by atoms with van der Waals surface area (Å²) in [4.78, 5) is 12.1. The molecular formula is C22H15F2N3O3. The van der Waals surface area contributed by atoms with Crippen LogP contribution in [0.2, 0.25) is 0 Å². The van der Waals surface area contributed by atoms with E-state index in [4.69, 9.17) is 9.15 Å². The Balaban J connectivity index is 1.48. The zero-order chi connectivity index (χ0) is 20.9. The maximum absolute atomic E-state index is 13.7. The number of halogens is 2. The third-order valence-electron chi connectivity index (χ3n) is 4.12. The highest BCUT2D eigenvalue weighted by Crippen LogP contribution is 2.31. The monoisotopic (exact) mass is 407 g/mol. The molecule has 6 nitrogen and oxygen atoms in total. The van der Waals surface area contributed by atoms with Gasteiger partial charge in [0.25, 0.3) is 11.8 Å². The summed E-state index contributed by atoms with van der Waals surface area (Å²) in [6, 6.07) is 18.9. The van der Waals surface area contributed by atoms with Gasteiger partial charge in [0.15, 0.2) is 6.61 Å². The van der Waals surface area contributed by atoms with Gasteiger partial charge in [-0.05, 0) is 36.4 Å². The molecule has 1 aromatic heterocycles. The SMILES string of the molecule is O=C(COc1ccccc1-c1nnc(-c2ccccc2)o1)Nc1cc(F)ccc1F. The van der Waals surface area contributed by atoms with Crippen LogP contribution in [-0.4, -0.2) is 22.7 Å². The standard InChI is InChI=1S/C22H15F2N3O3/c23-15-10-11-17(24)18(12-15)25-20(28)13-29-19-9-5-4-8-16(19)22-27-26-21(30-22)14-6-2-1-3-7-14/h1-12H,13H2,(H,25,28). The van der Waals surface area contributed by atoms with E-state index in [2.05, 4.69) is 15.5 Å². The van der Waals surface area contributed by atoms with Gasteiger partial charge in [0.1, 0.15) is 17.4 Å². The number of anilines is 1. The number of rotatable bonds is 6. The molecule has 0 saturated heterocycles. The van der Waals surface area contributed by atoms with Crippen molar-refractivity contribution in [1.29, 1.82) is 0 Å². The first-order valence-electron chi connectivity index (χ1n) is 8.96. The topological polar surface area (TPSA) is 77.2 Å². The van der Waals surface area contributed by atoms with Gasteiger partial charge in [0.2, 0.25) is 5.89 Å². The lowest BCUT2D eigenvalue weighted by Crippen LogP contribution is -2.21. The molecule has 0 aliphatic carbocycles. The van der Waals surface area contributed by atoms with Crippen molar-refractivity contribution in [3.63, 3.8) is 0 Å². The lowest BCUT2D eigenvalue weighted by atomic mass is 10.2. The Morgan fingerprint density at radius 3 is 2.50 bits per heavy atom. The molecule has 4 rings (SSSR count). The molecule has 150 valence electrons. The molecule has 0 atom stereocenters. The third kappa shape index (κ3) is 4.33. The molecule has 0 fully saturated rings. The fourth-order valence-electron chi connectivity index (χ4n) is 2.72. The van der Waals surface area contributed by atoms with Gasteiger partial charge in [-0.15, -0.1) is 10.2 Å². The number of benzene rings is 3. The number of nitrogens with zero attached hydrogens (tertiary/aromatic N) is 2. The Kier molecular flexibility index (Phi) is 5.47. The largest absolute Gasteiger partial charge is 0.483 e. The summed E-state index contributed by atoms with van der Waals surface area (Å²) in [7, 11) is 0. The first kappa shape index (κ1) is 19.3. The molecule has 0 spiro atoms. The molecule has 0 unspecified atom stereocenters. The molecule has 0 saturated carbocycles. The highest BCUT2D eigenvalue weighted by atomic mass is 19.1. The van der Waals surface area contributed by atoms with E-state index in [0.717, 1.165) is 23.8 Å². The quantitative estimate of drug-likeness (QED) is 0.501. The molecule has 1 heterocycles. The van der Waals surface area contributed by atoms with Gasteiger partial charge in [-0.2, -0.15) is 0 Å². The maximum Gasteiger partial charge on any atom is 0.262 e. The summed E-state index contributed by atoms with van der Waals surface area (Å²) in [6.07, 6.45) is 0. The van der Waals surface area contributed by atoms with Crippen molar-refractivity contribution in [3.8, 4) is 28.7 Å². The number of carbonyl (C=O) groups is 1. The first-order valence-corrected chi connectivity index (χ1v) is 8.96. The average Bonchev–Trinajstić information content (AvgIpc) is 3.26. The van der Waals surface area contributed by atoms with Gasteiger partial charge in [0.05, 0.1) is 11.3 Å². The van der Waals surface area contributed by atoms with E-state index in [1.807, 2.05) is 30.3 Å². The second-order valence-electron chi connectivity index (χ2n) is 6.24. The van der Waals surface area contributed by atoms with Gasteiger partial charge in [-0.25, -0.2) is 8.78 Å². The van der Waals surface area contributed by atoms with E-state index in [-0.39, 0.29) is 11.6 Å². The van der Waals surface area contributed by atoms with Crippen LogP contribution < -0.4 is 10.1 Å². The highest BCUT2D eigenvalue weighted by molar-refractivity contribution is 5.92. The van der Waals surface area contributed by atoms with Crippen LogP contribution in [0.4, 0.5) is 14.5 Å². The van der Waals surface area contributed by atoms with Crippen molar-refractivity contribution in [3.05, 3.63) is 84.4 Å². The molecule has 3 aromatic carbocycles. The Morgan fingerprint density at radius 1 is 0.933 bits per heavy atom. The number of hydrogen-bond donors (Lipinski definition) is 1. The normalized spacial score (nSPS) is 10.6. The van der Waals surface area contributed by atoms with Crippen LogP contribution in [0.3, 0.4) is 0 Å². The summed E-state index contributed by atoms with van der Waals surface area (Å²) >= 11 is 0. The molecule has 0 bridgehead atoms. The number of aromatic nitrogens is 2. The van der Waals surface area contributed by atoms with Crippen molar-refractivity contribution >= 4 is 11.6 Å². The fraction of sp³-hybridized carbons (Fsp3) is 0.0455.